The molecule has 180 valence electrons. The minimum Gasteiger partial charge on any atom is -0.368 e. The van der Waals surface area contributed by atoms with Crippen molar-refractivity contribution in [2.75, 3.05) is 26.2 Å². The van der Waals surface area contributed by atoms with Crippen LogP contribution in [0.25, 0.3) is 0 Å². The number of piperazine rings is 1. The van der Waals surface area contributed by atoms with Crippen LogP contribution in [-0.2, 0) is 9.59 Å². The van der Waals surface area contributed by atoms with E-state index in [0.717, 1.165) is 25.7 Å². The molecular weight excluding hydrogens is 435 g/mol. The van der Waals surface area contributed by atoms with Crippen LogP contribution in [0.2, 0.25) is 0 Å². The Labute approximate surface area is 199 Å². The summed E-state index contributed by atoms with van der Waals surface area (Å²) in [6.45, 7) is 2.62. The minimum atomic E-state index is -1.00. The van der Waals surface area contributed by atoms with E-state index in [4.69, 9.17) is 5.73 Å². The quantitative estimate of drug-likeness (QED) is 0.684. The van der Waals surface area contributed by atoms with Crippen molar-refractivity contribution in [1.82, 2.24) is 15.1 Å². The van der Waals surface area contributed by atoms with Gasteiger partial charge in [0.05, 0.1) is 5.92 Å². The van der Waals surface area contributed by atoms with Crippen molar-refractivity contribution in [3.63, 3.8) is 0 Å². The molecule has 1 unspecified atom stereocenters. The van der Waals surface area contributed by atoms with Gasteiger partial charge < -0.3 is 16.0 Å². The van der Waals surface area contributed by atoms with Gasteiger partial charge in [0.2, 0.25) is 11.8 Å². The highest BCUT2D eigenvalue weighted by Crippen LogP contribution is 2.30. The maximum atomic E-state index is 13.3. The summed E-state index contributed by atoms with van der Waals surface area (Å²) in [7, 11) is 0. The lowest BCUT2D eigenvalue weighted by molar-refractivity contribution is -0.133. The molecule has 8 heteroatoms. The lowest BCUT2D eigenvalue weighted by Gasteiger charge is -2.44. The predicted molar refractivity (Wildman–Crippen MR) is 126 cm³/mol. The van der Waals surface area contributed by atoms with E-state index in [9.17, 15) is 18.8 Å². The maximum absolute atomic E-state index is 13.3. The van der Waals surface area contributed by atoms with Crippen molar-refractivity contribution in [2.24, 2.45) is 11.7 Å². The zero-order valence-electron chi connectivity index (χ0n) is 19.2. The van der Waals surface area contributed by atoms with E-state index in [1.165, 1.54) is 24.3 Å². The summed E-state index contributed by atoms with van der Waals surface area (Å²) >= 11 is 0. The van der Waals surface area contributed by atoms with Gasteiger partial charge in [-0.3, -0.25) is 19.3 Å². The Morgan fingerprint density at radius 2 is 1.56 bits per heavy atom. The highest BCUT2D eigenvalue weighted by molar-refractivity contribution is 5.94. The number of hydrogen-bond acceptors (Lipinski definition) is 4. The minimum absolute atomic E-state index is 0.0294. The topological polar surface area (TPSA) is 95.7 Å². The van der Waals surface area contributed by atoms with Gasteiger partial charge in [0.15, 0.2) is 0 Å². The van der Waals surface area contributed by atoms with Crippen LogP contribution in [0.4, 0.5) is 4.39 Å². The van der Waals surface area contributed by atoms with Crippen LogP contribution in [-0.4, -0.2) is 59.7 Å². The Bertz CT molecular complexity index is 1010. The monoisotopic (exact) mass is 466 g/mol. The Balaban J connectivity index is 1.40. The molecule has 1 saturated heterocycles. The molecule has 0 bridgehead atoms. The first-order valence-corrected chi connectivity index (χ1v) is 11.9. The van der Waals surface area contributed by atoms with Crippen molar-refractivity contribution >= 4 is 17.7 Å². The molecular formula is C26H31FN4O3. The number of benzene rings is 2. The van der Waals surface area contributed by atoms with Gasteiger partial charge in [-0.1, -0.05) is 43.2 Å². The third kappa shape index (κ3) is 5.44. The van der Waals surface area contributed by atoms with E-state index in [1.54, 1.807) is 0 Å². The van der Waals surface area contributed by atoms with Crippen molar-refractivity contribution < 1.29 is 18.8 Å². The second-order valence-corrected chi connectivity index (χ2v) is 9.05. The van der Waals surface area contributed by atoms with E-state index in [1.807, 2.05) is 35.2 Å². The number of carbonyl (C=O) groups is 3. The molecule has 1 saturated carbocycles. The fourth-order valence-electron chi connectivity index (χ4n) is 5.10. The van der Waals surface area contributed by atoms with Gasteiger partial charge in [-0.15, -0.1) is 0 Å². The molecule has 0 radical (unpaired) electrons. The first kappa shape index (κ1) is 23.9. The highest BCUT2D eigenvalue weighted by Gasteiger charge is 2.38. The Kier molecular flexibility index (Phi) is 7.57. The molecule has 0 aromatic heterocycles. The first-order chi connectivity index (χ1) is 16.4. The lowest BCUT2D eigenvalue weighted by atomic mass is 9.82. The van der Waals surface area contributed by atoms with Crippen molar-refractivity contribution in [1.29, 1.82) is 0 Å². The number of halogens is 1. The number of nitrogens with one attached hydrogen (secondary N) is 1. The number of rotatable bonds is 6. The Hall–Kier alpha value is -3.26. The third-order valence-corrected chi connectivity index (χ3v) is 6.93. The van der Waals surface area contributed by atoms with Crippen LogP contribution in [0.5, 0.6) is 0 Å². The molecule has 34 heavy (non-hydrogen) atoms. The zero-order valence-corrected chi connectivity index (χ0v) is 19.2. The summed E-state index contributed by atoms with van der Waals surface area (Å²) in [5.74, 6) is -1.55. The average molecular weight is 467 g/mol. The van der Waals surface area contributed by atoms with E-state index in [-0.39, 0.29) is 23.8 Å². The smallest absolute Gasteiger partial charge is 0.253 e. The zero-order chi connectivity index (χ0) is 24.1. The van der Waals surface area contributed by atoms with E-state index >= 15 is 0 Å². The van der Waals surface area contributed by atoms with Gasteiger partial charge in [0.25, 0.3) is 5.91 Å². The number of primary amides is 1. The standard InChI is InChI=1S/C26H31FN4O3/c27-20-12-10-18(11-13-20)23(24(28)32)29-25(33)21-8-4-5-9-22(21)30-14-16-31(17-15-30)26(34)19-6-2-1-3-7-19/h1-3,6-7,10-13,21-23H,4-5,8-9,14-17H2,(H2,28,32)(H,29,33)/t21-,22?,23+/m1/s1. The van der Waals surface area contributed by atoms with Gasteiger partial charge in [0.1, 0.15) is 11.9 Å². The van der Waals surface area contributed by atoms with E-state index < -0.39 is 17.8 Å². The number of amides is 3. The third-order valence-electron chi connectivity index (χ3n) is 6.93. The molecule has 2 aromatic rings. The van der Waals surface area contributed by atoms with Crippen LogP contribution in [0.3, 0.4) is 0 Å². The van der Waals surface area contributed by atoms with Gasteiger partial charge in [-0.05, 0) is 42.7 Å². The lowest BCUT2D eigenvalue weighted by Crippen LogP contribution is -2.56. The summed E-state index contributed by atoms with van der Waals surface area (Å²) < 4.78 is 13.3. The largest absolute Gasteiger partial charge is 0.368 e. The molecule has 1 heterocycles. The summed E-state index contributed by atoms with van der Waals surface area (Å²) in [5, 5.41) is 2.81. The molecule has 2 fully saturated rings. The Morgan fingerprint density at radius 1 is 0.912 bits per heavy atom. The predicted octanol–water partition coefficient (Wildman–Crippen LogP) is 2.49. The normalized spacial score (nSPS) is 22.1. The molecule has 7 nitrogen and oxygen atoms in total. The molecule has 0 spiro atoms. The number of nitrogens with two attached hydrogens (primary N) is 1. The fraction of sp³-hybridized carbons (Fsp3) is 0.423. The van der Waals surface area contributed by atoms with Crippen LogP contribution in [0.1, 0.15) is 47.6 Å². The molecule has 3 N–H and O–H groups in total. The van der Waals surface area contributed by atoms with Crippen molar-refractivity contribution in [3.05, 3.63) is 71.5 Å². The van der Waals surface area contributed by atoms with Crippen LogP contribution >= 0.6 is 0 Å². The van der Waals surface area contributed by atoms with Gasteiger partial charge in [-0.25, -0.2) is 4.39 Å². The fourth-order valence-corrected chi connectivity index (χ4v) is 5.10. The highest BCUT2D eigenvalue weighted by atomic mass is 19.1. The molecule has 4 rings (SSSR count). The second kappa shape index (κ2) is 10.8. The van der Waals surface area contributed by atoms with Gasteiger partial charge in [0, 0.05) is 37.8 Å². The van der Waals surface area contributed by atoms with Crippen LogP contribution in [0.15, 0.2) is 54.6 Å². The van der Waals surface area contributed by atoms with Crippen molar-refractivity contribution in [2.45, 2.75) is 37.8 Å². The number of hydrogen-bond donors (Lipinski definition) is 2. The van der Waals surface area contributed by atoms with E-state index in [2.05, 4.69) is 10.2 Å². The molecule has 2 aliphatic rings. The van der Waals surface area contributed by atoms with Crippen molar-refractivity contribution in [3.8, 4) is 0 Å². The SMILES string of the molecule is NC(=O)[C@@H](NC(=O)[C@@H]1CCCCC1N1CCN(C(=O)c2ccccc2)CC1)c1ccc(F)cc1. The van der Waals surface area contributed by atoms with Gasteiger partial charge >= 0.3 is 0 Å². The number of nitrogens with zero attached hydrogens (tertiary/aromatic N) is 2. The molecule has 1 aliphatic carbocycles. The van der Waals surface area contributed by atoms with Crippen LogP contribution in [0, 0.1) is 11.7 Å². The van der Waals surface area contributed by atoms with E-state index in [0.29, 0.717) is 37.3 Å². The summed E-state index contributed by atoms with van der Waals surface area (Å²) in [5.41, 5.74) is 6.70. The summed E-state index contributed by atoms with van der Waals surface area (Å²) in [6.07, 6.45) is 3.60. The molecule has 3 atom stereocenters. The van der Waals surface area contributed by atoms with Gasteiger partial charge in [-0.2, -0.15) is 0 Å². The van der Waals surface area contributed by atoms with Crippen LogP contribution < -0.4 is 11.1 Å². The molecule has 2 aromatic carbocycles. The average Bonchev–Trinajstić information content (AvgIpc) is 2.88. The number of carbonyl (C=O) groups excluding carboxylic acids is 3. The molecule has 3 amide bonds. The Morgan fingerprint density at radius 3 is 2.21 bits per heavy atom. The summed E-state index contributed by atoms with van der Waals surface area (Å²) in [4.78, 5) is 42.3. The second-order valence-electron chi connectivity index (χ2n) is 9.05. The summed E-state index contributed by atoms with van der Waals surface area (Å²) in [6, 6.07) is 13.7. The first-order valence-electron chi connectivity index (χ1n) is 11.9. The maximum Gasteiger partial charge on any atom is 0.253 e. The molecule has 1 aliphatic heterocycles.